The molecule has 2 saturated heterocycles. The summed E-state index contributed by atoms with van der Waals surface area (Å²) in [5.41, 5.74) is 0.516. The average molecular weight is 349 g/mol. The molecule has 136 valence electrons. The van der Waals surface area contributed by atoms with Crippen molar-refractivity contribution in [3.63, 3.8) is 0 Å². The number of anilines is 1. The summed E-state index contributed by atoms with van der Waals surface area (Å²) in [6, 6.07) is 5.07. The number of carbonyl (C=O) groups excluding carboxylic acids is 2. The number of nitrogens with zero attached hydrogens (tertiary/aromatic N) is 2. The van der Waals surface area contributed by atoms with Crippen LogP contribution in [0, 0.1) is 11.7 Å². The SMILES string of the molecule is O=C(N[C@H]1CCCN(c2cccc(F)c2)C1=O)N1CCC[C@H](CO)C1. The molecule has 0 bridgehead atoms. The Morgan fingerprint density at radius 3 is 2.84 bits per heavy atom. The van der Waals surface area contributed by atoms with Crippen LogP contribution in [0.2, 0.25) is 0 Å². The second-order valence-corrected chi connectivity index (χ2v) is 6.75. The Morgan fingerprint density at radius 2 is 2.08 bits per heavy atom. The first-order valence-electron chi connectivity index (χ1n) is 8.81. The van der Waals surface area contributed by atoms with E-state index in [-0.39, 0.29) is 30.3 Å². The van der Waals surface area contributed by atoms with Gasteiger partial charge in [0.25, 0.3) is 0 Å². The first-order valence-corrected chi connectivity index (χ1v) is 8.81. The number of hydrogen-bond donors (Lipinski definition) is 2. The Balaban J connectivity index is 1.64. The molecule has 2 atom stereocenters. The lowest BCUT2D eigenvalue weighted by molar-refractivity contribution is -0.121. The van der Waals surface area contributed by atoms with Crippen molar-refractivity contribution in [2.45, 2.75) is 31.7 Å². The zero-order valence-corrected chi connectivity index (χ0v) is 14.2. The van der Waals surface area contributed by atoms with Crippen molar-refractivity contribution < 1.29 is 19.1 Å². The van der Waals surface area contributed by atoms with Gasteiger partial charge in [-0.25, -0.2) is 9.18 Å². The molecule has 0 radical (unpaired) electrons. The van der Waals surface area contributed by atoms with Crippen molar-refractivity contribution in [3.8, 4) is 0 Å². The number of likely N-dealkylation sites (tertiary alicyclic amines) is 1. The van der Waals surface area contributed by atoms with E-state index in [0.717, 1.165) is 19.3 Å². The summed E-state index contributed by atoms with van der Waals surface area (Å²) >= 11 is 0. The molecule has 3 rings (SSSR count). The van der Waals surface area contributed by atoms with E-state index in [4.69, 9.17) is 0 Å². The first-order chi connectivity index (χ1) is 12.1. The van der Waals surface area contributed by atoms with Gasteiger partial charge in [-0.1, -0.05) is 6.07 Å². The molecule has 2 aliphatic rings. The van der Waals surface area contributed by atoms with Crippen molar-refractivity contribution in [3.05, 3.63) is 30.1 Å². The number of amides is 3. The number of aliphatic hydroxyl groups excluding tert-OH is 1. The predicted octanol–water partition coefficient (Wildman–Crippen LogP) is 1.74. The van der Waals surface area contributed by atoms with Gasteiger partial charge in [0, 0.05) is 31.9 Å². The monoisotopic (exact) mass is 349 g/mol. The Bertz CT molecular complexity index is 640. The van der Waals surface area contributed by atoms with E-state index >= 15 is 0 Å². The highest BCUT2D eigenvalue weighted by Gasteiger charge is 2.33. The molecule has 0 aliphatic carbocycles. The van der Waals surface area contributed by atoms with Crippen LogP contribution in [-0.4, -0.2) is 54.2 Å². The number of rotatable bonds is 3. The molecule has 0 aromatic heterocycles. The summed E-state index contributed by atoms with van der Waals surface area (Å²) in [4.78, 5) is 28.4. The van der Waals surface area contributed by atoms with Crippen LogP contribution in [-0.2, 0) is 4.79 Å². The van der Waals surface area contributed by atoms with Gasteiger partial charge >= 0.3 is 6.03 Å². The van der Waals surface area contributed by atoms with Gasteiger partial charge in [-0.05, 0) is 49.8 Å². The lowest BCUT2D eigenvalue weighted by Gasteiger charge is -2.36. The van der Waals surface area contributed by atoms with Crippen LogP contribution < -0.4 is 10.2 Å². The molecule has 2 N–H and O–H groups in total. The van der Waals surface area contributed by atoms with Crippen LogP contribution in [0.4, 0.5) is 14.9 Å². The summed E-state index contributed by atoms with van der Waals surface area (Å²) in [6.07, 6.45) is 3.09. The van der Waals surface area contributed by atoms with Crippen LogP contribution in [0.15, 0.2) is 24.3 Å². The molecule has 0 spiro atoms. The van der Waals surface area contributed by atoms with Crippen molar-refractivity contribution in [1.82, 2.24) is 10.2 Å². The molecule has 0 saturated carbocycles. The number of carbonyl (C=O) groups is 2. The number of aliphatic hydroxyl groups is 1. The quantitative estimate of drug-likeness (QED) is 0.873. The standard InChI is InChI=1S/C18H24FN3O3/c19-14-5-1-6-15(10-14)22-9-3-7-16(17(22)24)20-18(25)21-8-2-4-13(11-21)12-23/h1,5-6,10,13,16,23H,2-4,7-9,11-12H2,(H,20,25)/t13-,16-/m0/s1. The summed E-state index contributed by atoms with van der Waals surface area (Å²) < 4.78 is 13.4. The van der Waals surface area contributed by atoms with E-state index in [1.54, 1.807) is 17.0 Å². The van der Waals surface area contributed by atoms with E-state index in [1.165, 1.54) is 17.0 Å². The summed E-state index contributed by atoms with van der Waals surface area (Å²) in [6.45, 7) is 1.73. The lowest BCUT2D eigenvalue weighted by atomic mass is 9.99. The number of urea groups is 1. The van der Waals surface area contributed by atoms with Gasteiger partial charge in [0.15, 0.2) is 0 Å². The average Bonchev–Trinajstić information content (AvgIpc) is 2.63. The van der Waals surface area contributed by atoms with E-state index in [0.29, 0.717) is 31.7 Å². The molecule has 2 fully saturated rings. The molecule has 2 heterocycles. The molecule has 6 nitrogen and oxygen atoms in total. The van der Waals surface area contributed by atoms with Gasteiger partial charge in [-0.3, -0.25) is 4.79 Å². The fraction of sp³-hybridized carbons (Fsp3) is 0.556. The molecule has 25 heavy (non-hydrogen) atoms. The van der Waals surface area contributed by atoms with Crippen LogP contribution >= 0.6 is 0 Å². The first kappa shape index (κ1) is 17.7. The summed E-state index contributed by atoms with van der Waals surface area (Å²) in [5, 5.41) is 12.1. The Kier molecular flexibility index (Phi) is 5.53. The van der Waals surface area contributed by atoms with Crippen LogP contribution in [0.1, 0.15) is 25.7 Å². The molecular weight excluding hydrogens is 325 g/mol. The number of halogens is 1. The van der Waals surface area contributed by atoms with Crippen molar-refractivity contribution in [1.29, 1.82) is 0 Å². The van der Waals surface area contributed by atoms with Crippen molar-refractivity contribution >= 4 is 17.6 Å². The smallest absolute Gasteiger partial charge is 0.318 e. The normalized spacial score (nSPS) is 24.3. The number of hydrogen-bond acceptors (Lipinski definition) is 3. The third-order valence-corrected chi connectivity index (χ3v) is 4.92. The van der Waals surface area contributed by atoms with E-state index in [2.05, 4.69) is 5.32 Å². The molecule has 0 unspecified atom stereocenters. The fourth-order valence-electron chi connectivity index (χ4n) is 3.55. The topological polar surface area (TPSA) is 72.9 Å². The third kappa shape index (κ3) is 4.10. The maximum absolute atomic E-state index is 13.4. The molecule has 1 aromatic rings. The molecule has 2 aliphatic heterocycles. The zero-order valence-electron chi connectivity index (χ0n) is 14.2. The van der Waals surface area contributed by atoms with Gasteiger partial charge in [0.05, 0.1) is 0 Å². The number of benzene rings is 1. The highest BCUT2D eigenvalue weighted by molar-refractivity contribution is 5.99. The van der Waals surface area contributed by atoms with E-state index in [1.807, 2.05) is 0 Å². The predicted molar refractivity (Wildman–Crippen MR) is 91.7 cm³/mol. The van der Waals surface area contributed by atoms with Crippen molar-refractivity contribution in [2.24, 2.45) is 5.92 Å². The highest BCUT2D eigenvalue weighted by atomic mass is 19.1. The van der Waals surface area contributed by atoms with Gasteiger partial charge < -0.3 is 20.2 Å². The van der Waals surface area contributed by atoms with Crippen molar-refractivity contribution in [2.75, 3.05) is 31.1 Å². The third-order valence-electron chi connectivity index (χ3n) is 4.92. The second-order valence-electron chi connectivity index (χ2n) is 6.75. The minimum atomic E-state index is -0.598. The van der Waals surface area contributed by atoms with Crippen LogP contribution in [0.3, 0.4) is 0 Å². The molecule has 7 heteroatoms. The summed E-state index contributed by atoms with van der Waals surface area (Å²) in [7, 11) is 0. The van der Waals surface area contributed by atoms with Gasteiger partial charge in [0.1, 0.15) is 11.9 Å². The van der Waals surface area contributed by atoms with E-state index < -0.39 is 6.04 Å². The van der Waals surface area contributed by atoms with Crippen LogP contribution in [0.5, 0.6) is 0 Å². The Labute approximate surface area is 146 Å². The molecule has 3 amide bonds. The zero-order chi connectivity index (χ0) is 17.8. The van der Waals surface area contributed by atoms with E-state index in [9.17, 15) is 19.1 Å². The molecule has 1 aromatic carbocycles. The largest absolute Gasteiger partial charge is 0.396 e. The van der Waals surface area contributed by atoms with Gasteiger partial charge in [-0.15, -0.1) is 0 Å². The summed E-state index contributed by atoms with van der Waals surface area (Å²) in [5.74, 6) is -0.494. The minimum Gasteiger partial charge on any atom is -0.396 e. The maximum atomic E-state index is 13.4. The highest BCUT2D eigenvalue weighted by Crippen LogP contribution is 2.22. The van der Waals surface area contributed by atoms with Crippen LogP contribution in [0.25, 0.3) is 0 Å². The Morgan fingerprint density at radius 1 is 1.28 bits per heavy atom. The maximum Gasteiger partial charge on any atom is 0.318 e. The van der Waals surface area contributed by atoms with Gasteiger partial charge in [-0.2, -0.15) is 0 Å². The molecular formula is C18H24FN3O3. The lowest BCUT2D eigenvalue weighted by Crippen LogP contribution is -2.56. The minimum absolute atomic E-state index is 0.0689. The fourth-order valence-corrected chi connectivity index (χ4v) is 3.55. The second kappa shape index (κ2) is 7.82. The van der Waals surface area contributed by atoms with Gasteiger partial charge in [0.2, 0.25) is 5.91 Å². The Hall–Kier alpha value is -2.15. The number of nitrogens with one attached hydrogen (secondary N) is 1. The number of piperidine rings is 2.